The second kappa shape index (κ2) is 6.99. The van der Waals surface area contributed by atoms with Gasteiger partial charge in [0.05, 0.1) is 17.6 Å². The van der Waals surface area contributed by atoms with Crippen molar-refractivity contribution in [1.82, 2.24) is 34.7 Å². The molecule has 9 nitrogen and oxygen atoms in total. The monoisotopic (exact) mass is 412 g/mol. The zero-order chi connectivity index (χ0) is 21.6. The third-order valence-corrected chi connectivity index (χ3v) is 5.33. The molecule has 0 radical (unpaired) electrons. The molecule has 0 aliphatic heterocycles. The Balaban J connectivity index is 1.64. The Labute approximate surface area is 177 Å². The van der Waals surface area contributed by atoms with Crippen LogP contribution < -0.4 is 5.73 Å². The van der Waals surface area contributed by atoms with E-state index >= 15 is 0 Å². The van der Waals surface area contributed by atoms with Gasteiger partial charge in [-0.05, 0) is 36.8 Å². The summed E-state index contributed by atoms with van der Waals surface area (Å²) >= 11 is 0. The van der Waals surface area contributed by atoms with E-state index in [9.17, 15) is 5.11 Å². The maximum Gasteiger partial charge on any atom is 0.220 e. The minimum absolute atomic E-state index is 0.0764. The van der Waals surface area contributed by atoms with E-state index in [-0.39, 0.29) is 5.95 Å². The molecule has 1 atom stereocenters. The van der Waals surface area contributed by atoms with Crippen molar-refractivity contribution < 1.29 is 5.11 Å². The molecule has 0 fully saturated rings. The first kappa shape index (κ1) is 18.9. The van der Waals surface area contributed by atoms with Gasteiger partial charge in [0.2, 0.25) is 5.95 Å². The van der Waals surface area contributed by atoms with Crippen LogP contribution >= 0.6 is 0 Å². The molecule has 31 heavy (non-hydrogen) atoms. The fourth-order valence-electron chi connectivity index (χ4n) is 3.62. The van der Waals surface area contributed by atoms with Crippen LogP contribution in [0.25, 0.3) is 33.4 Å². The van der Waals surface area contributed by atoms with E-state index in [0.717, 1.165) is 27.7 Å². The molecule has 1 unspecified atom stereocenters. The number of aliphatic hydroxyl groups is 1. The number of nitrogens with zero attached hydrogens (tertiary/aromatic N) is 6. The van der Waals surface area contributed by atoms with Gasteiger partial charge in [-0.25, -0.2) is 15.0 Å². The zero-order valence-corrected chi connectivity index (χ0v) is 17.0. The Morgan fingerprint density at radius 1 is 1.10 bits per heavy atom. The Morgan fingerprint density at radius 3 is 2.65 bits per heavy atom. The van der Waals surface area contributed by atoms with Crippen molar-refractivity contribution in [3.05, 3.63) is 72.7 Å². The number of pyridine rings is 2. The number of aromatic amines is 1. The highest BCUT2D eigenvalue weighted by atomic mass is 16.3. The highest BCUT2D eigenvalue weighted by Gasteiger charge is 2.29. The van der Waals surface area contributed by atoms with Crippen LogP contribution in [0.1, 0.15) is 18.2 Å². The first-order valence-electron chi connectivity index (χ1n) is 9.66. The van der Waals surface area contributed by atoms with E-state index in [1.54, 1.807) is 54.6 Å². The lowest BCUT2D eigenvalue weighted by Crippen LogP contribution is -2.25. The molecule has 5 heterocycles. The van der Waals surface area contributed by atoms with E-state index in [1.807, 2.05) is 25.5 Å². The van der Waals surface area contributed by atoms with Crippen molar-refractivity contribution in [2.24, 2.45) is 7.05 Å². The van der Waals surface area contributed by atoms with Crippen molar-refractivity contribution in [3.8, 4) is 22.4 Å². The number of nitrogens with one attached hydrogen (secondary N) is 1. The molecule has 0 saturated heterocycles. The van der Waals surface area contributed by atoms with Crippen molar-refractivity contribution in [2.75, 3.05) is 5.73 Å². The van der Waals surface area contributed by atoms with Gasteiger partial charge < -0.3 is 15.8 Å². The van der Waals surface area contributed by atoms with Gasteiger partial charge in [-0.15, -0.1) is 0 Å². The van der Waals surface area contributed by atoms with Crippen LogP contribution in [0.4, 0.5) is 5.95 Å². The highest BCUT2D eigenvalue weighted by Crippen LogP contribution is 2.34. The first-order chi connectivity index (χ1) is 14.9. The molecule has 5 aromatic heterocycles. The lowest BCUT2D eigenvalue weighted by atomic mass is 9.92. The normalized spacial score (nSPS) is 13.4. The molecular formula is C22H20N8O. The average Bonchev–Trinajstić information content (AvgIpc) is 3.39. The van der Waals surface area contributed by atoms with Crippen molar-refractivity contribution in [1.29, 1.82) is 0 Å². The van der Waals surface area contributed by atoms with Gasteiger partial charge in [0.25, 0.3) is 0 Å². The number of aromatic nitrogens is 7. The molecule has 0 aliphatic rings. The predicted octanol–water partition coefficient (Wildman–Crippen LogP) is 2.65. The number of H-pyrrole nitrogens is 1. The Hall–Kier alpha value is -4.11. The highest BCUT2D eigenvalue weighted by molar-refractivity contribution is 5.95. The predicted molar refractivity (Wildman–Crippen MR) is 117 cm³/mol. The molecule has 4 N–H and O–H groups in total. The minimum Gasteiger partial charge on any atom is -0.379 e. The molecule has 0 saturated carbocycles. The van der Waals surface area contributed by atoms with Gasteiger partial charge in [-0.3, -0.25) is 9.67 Å². The molecule has 9 heteroatoms. The number of nitrogens with two attached hydrogens (primary N) is 1. The van der Waals surface area contributed by atoms with Gasteiger partial charge in [0.15, 0.2) is 0 Å². The molecule has 0 aliphatic carbocycles. The fourth-order valence-corrected chi connectivity index (χ4v) is 3.62. The van der Waals surface area contributed by atoms with E-state index in [2.05, 4.69) is 30.0 Å². The van der Waals surface area contributed by atoms with Gasteiger partial charge in [0.1, 0.15) is 11.2 Å². The van der Waals surface area contributed by atoms with Gasteiger partial charge >= 0.3 is 0 Å². The van der Waals surface area contributed by atoms with E-state index < -0.39 is 5.60 Å². The molecular weight excluding hydrogens is 392 g/mol. The Morgan fingerprint density at radius 2 is 1.90 bits per heavy atom. The number of anilines is 1. The summed E-state index contributed by atoms with van der Waals surface area (Å²) in [5, 5.41) is 16.3. The van der Waals surface area contributed by atoms with Crippen molar-refractivity contribution in [3.63, 3.8) is 0 Å². The van der Waals surface area contributed by atoms with Crippen LogP contribution in [-0.4, -0.2) is 39.8 Å². The topological polar surface area (TPSA) is 131 Å². The van der Waals surface area contributed by atoms with Crippen molar-refractivity contribution in [2.45, 2.75) is 12.5 Å². The van der Waals surface area contributed by atoms with Crippen molar-refractivity contribution >= 4 is 17.0 Å². The summed E-state index contributed by atoms with van der Waals surface area (Å²) in [5.74, 6) is 0.0764. The molecule has 0 bridgehead atoms. The van der Waals surface area contributed by atoms with Crippen LogP contribution in [0, 0.1) is 0 Å². The standard InChI is InChI=1S/C22H20N8O/c1-22(31,15-3-5-24-6-4-15)19-8-18(28-21(23)29-19)17-11-26-20-16(17)7-13(9-25-20)14-10-27-30(2)12-14/h3-12,31H,1-2H3,(H,25,26)(H2,23,28,29). The maximum absolute atomic E-state index is 11.2. The first-order valence-corrected chi connectivity index (χ1v) is 9.66. The summed E-state index contributed by atoms with van der Waals surface area (Å²) in [4.78, 5) is 20.4. The largest absolute Gasteiger partial charge is 0.379 e. The lowest BCUT2D eigenvalue weighted by molar-refractivity contribution is 0.0974. The third kappa shape index (κ3) is 3.30. The average molecular weight is 412 g/mol. The summed E-state index contributed by atoms with van der Waals surface area (Å²) < 4.78 is 1.75. The molecule has 5 rings (SSSR count). The third-order valence-electron chi connectivity index (χ3n) is 5.33. The summed E-state index contributed by atoms with van der Waals surface area (Å²) in [6.07, 6.45) is 10.6. The second-order valence-electron chi connectivity index (χ2n) is 7.53. The number of hydrogen-bond acceptors (Lipinski definition) is 7. The van der Waals surface area contributed by atoms with E-state index in [4.69, 9.17) is 5.73 Å². The van der Waals surface area contributed by atoms with E-state index in [1.165, 1.54) is 0 Å². The summed E-state index contributed by atoms with van der Waals surface area (Å²) in [5.41, 5.74) is 9.75. The number of hydrogen-bond donors (Lipinski definition) is 3. The lowest BCUT2D eigenvalue weighted by Gasteiger charge is -2.23. The van der Waals surface area contributed by atoms with Crippen LogP contribution in [0.15, 0.2) is 61.4 Å². The molecule has 0 spiro atoms. The maximum atomic E-state index is 11.2. The van der Waals surface area contributed by atoms with Crippen LogP contribution in [0.2, 0.25) is 0 Å². The van der Waals surface area contributed by atoms with Gasteiger partial charge in [0, 0.05) is 60.1 Å². The Kier molecular flexibility index (Phi) is 4.26. The molecule has 154 valence electrons. The quantitative estimate of drug-likeness (QED) is 0.413. The van der Waals surface area contributed by atoms with Crippen LogP contribution in [0.3, 0.4) is 0 Å². The van der Waals surface area contributed by atoms with Crippen LogP contribution in [0.5, 0.6) is 0 Å². The number of fused-ring (bicyclic) bond motifs is 1. The number of nitrogen functional groups attached to an aromatic ring is 1. The summed E-state index contributed by atoms with van der Waals surface area (Å²) in [6, 6.07) is 7.27. The smallest absolute Gasteiger partial charge is 0.220 e. The molecule has 0 amide bonds. The number of aryl methyl sites for hydroxylation is 1. The number of rotatable bonds is 4. The SMILES string of the molecule is Cn1cc(-c2cnc3[nH]cc(-c4cc(C(C)(O)c5ccncc5)nc(N)n4)c3c2)cn1. The second-order valence-corrected chi connectivity index (χ2v) is 7.53. The van der Waals surface area contributed by atoms with Crippen LogP contribution in [-0.2, 0) is 12.6 Å². The molecule has 0 aromatic carbocycles. The Bertz CT molecular complexity index is 1390. The summed E-state index contributed by atoms with van der Waals surface area (Å²) in [6.45, 7) is 1.67. The molecule has 5 aromatic rings. The summed E-state index contributed by atoms with van der Waals surface area (Å²) in [7, 11) is 1.87. The minimum atomic E-state index is -1.36. The van der Waals surface area contributed by atoms with E-state index in [0.29, 0.717) is 17.0 Å². The van der Waals surface area contributed by atoms with Gasteiger partial charge in [-0.2, -0.15) is 5.10 Å². The fraction of sp³-hybridized carbons (Fsp3) is 0.136. The zero-order valence-electron chi connectivity index (χ0n) is 17.0. The van der Waals surface area contributed by atoms with Gasteiger partial charge in [-0.1, -0.05) is 0 Å².